The van der Waals surface area contributed by atoms with Crippen LogP contribution in [-0.4, -0.2) is 82.0 Å². The minimum absolute atomic E-state index is 0.00985. The molecular weight excluding hydrogens is 518 g/mol. The van der Waals surface area contributed by atoms with Gasteiger partial charge in [-0.25, -0.2) is 9.78 Å². The number of benzene rings is 1. The van der Waals surface area contributed by atoms with Gasteiger partial charge < -0.3 is 19.9 Å². The fourth-order valence-electron chi connectivity index (χ4n) is 6.25. The zero-order chi connectivity index (χ0) is 28.7. The van der Waals surface area contributed by atoms with Gasteiger partial charge in [0, 0.05) is 57.1 Å². The number of ether oxygens (including phenoxy) is 1. The van der Waals surface area contributed by atoms with E-state index < -0.39 is 17.7 Å². The molecule has 0 saturated carbocycles. The summed E-state index contributed by atoms with van der Waals surface area (Å²) in [4.78, 5) is 48.8. The highest BCUT2D eigenvalue weighted by Crippen LogP contribution is 2.41. The predicted octanol–water partition coefficient (Wildman–Crippen LogP) is 4.03. The molecule has 41 heavy (non-hydrogen) atoms. The van der Waals surface area contributed by atoms with Crippen LogP contribution >= 0.6 is 0 Å². The second-order valence-corrected chi connectivity index (χ2v) is 12.4. The average molecular weight is 556 g/mol. The van der Waals surface area contributed by atoms with Crippen molar-refractivity contribution < 1.29 is 19.1 Å². The molecule has 3 amide bonds. The summed E-state index contributed by atoms with van der Waals surface area (Å²) in [5.41, 5.74) is 3.77. The number of fused-ring (bicyclic) bond motifs is 3. The minimum Gasteiger partial charge on any atom is -0.444 e. The molecule has 6 rings (SSSR count). The lowest BCUT2D eigenvalue weighted by Gasteiger charge is -2.39. The van der Waals surface area contributed by atoms with Gasteiger partial charge in [-0.15, -0.1) is 0 Å². The Labute approximate surface area is 240 Å². The predicted molar refractivity (Wildman–Crippen MR) is 157 cm³/mol. The Morgan fingerprint density at radius 2 is 1.88 bits per heavy atom. The van der Waals surface area contributed by atoms with Gasteiger partial charge in [0.1, 0.15) is 17.5 Å². The van der Waals surface area contributed by atoms with Gasteiger partial charge in [0.25, 0.3) is 0 Å². The second-order valence-electron chi connectivity index (χ2n) is 12.4. The monoisotopic (exact) mass is 555 g/mol. The fourth-order valence-corrected chi connectivity index (χ4v) is 6.25. The Morgan fingerprint density at radius 3 is 2.63 bits per heavy atom. The van der Waals surface area contributed by atoms with Crippen molar-refractivity contribution in [2.45, 2.75) is 45.4 Å². The first-order valence-corrected chi connectivity index (χ1v) is 14.4. The van der Waals surface area contributed by atoms with Crippen LogP contribution in [0.5, 0.6) is 0 Å². The molecule has 9 nitrogen and oxygen atoms in total. The third-order valence-corrected chi connectivity index (χ3v) is 8.31. The van der Waals surface area contributed by atoms with Gasteiger partial charge in [0.05, 0.1) is 0 Å². The molecule has 2 aromatic rings. The van der Waals surface area contributed by atoms with Crippen molar-refractivity contribution in [2.75, 3.05) is 38.0 Å². The van der Waals surface area contributed by atoms with Crippen LogP contribution in [0, 0.1) is 11.8 Å². The fraction of sp³-hybridized carbons (Fsp3) is 0.438. The molecule has 2 fully saturated rings. The number of hydrogen-bond donors (Lipinski definition) is 1. The van der Waals surface area contributed by atoms with Crippen molar-refractivity contribution in [1.82, 2.24) is 19.7 Å². The summed E-state index contributed by atoms with van der Waals surface area (Å²) in [5.74, 6) is 1.22. The SMILES string of the molecule is CC(C)(C)OC(=O)N1CCN2Cc3cc(C=CC(=O)N4CC5C=C(c6ccccc6)CC5C4)cnc3NC(=O)C2C1. The lowest BCUT2D eigenvalue weighted by Crippen LogP contribution is -2.58. The van der Waals surface area contributed by atoms with Crippen LogP contribution in [0.25, 0.3) is 11.6 Å². The van der Waals surface area contributed by atoms with Gasteiger partial charge in [-0.3, -0.25) is 14.5 Å². The zero-order valence-electron chi connectivity index (χ0n) is 23.9. The highest BCUT2D eigenvalue weighted by molar-refractivity contribution is 5.96. The third-order valence-electron chi connectivity index (χ3n) is 8.31. The number of anilines is 1. The average Bonchev–Trinajstić information content (AvgIpc) is 3.49. The van der Waals surface area contributed by atoms with Crippen molar-refractivity contribution >= 4 is 35.4 Å². The minimum atomic E-state index is -0.595. The first kappa shape index (κ1) is 27.2. The van der Waals surface area contributed by atoms with Crippen LogP contribution in [-0.2, 0) is 20.9 Å². The van der Waals surface area contributed by atoms with E-state index in [0.29, 0.717) is 37.3 Å². The molecule has 0 spiro atoms. The molecule has 0 radical (unpaired) electrons. The summed E-state index contributed by atoms with van der Waals surface area (Å²) in [6.45, 7) is 8.82. The molecular formula is C32H37N5O4. The standard InChI is InChI=1S/C32H37N5O4/c1-32(2,3)41-31(40)36-12-11-35-19-26-13-21(16-33-29(26)34-30(39)27(35)20-36)9-10-28(38)37-17-24-14-23(15-25(24)18-37)22-7-5-4-6-8-22/h4-10,13-14,16,24-25,27H,11-12,15,17-20H2,1-3H3,(H,33,34,39). The normalized spacial score (nSPS) is 24.3. The number of hydrogen-bond acceptors (Lipinski definition) is 6. The van der Waals surface area contributed by atoms with E-state index in [1.807, 2.05) is 37.8 Å². The van der Waals surface area contributed by atoms with E-state index in [1.54, 1.807) is 23.2 Å². The van der Waals surface area contributed by atoms with Crippen molar-refractivity contribution in [3.8, 4) is 0 Å². The smallest absolute Gasteiger partial charge is 0.410 e. The van der Waals surface area contributed by atoms with Gasteiger partial charge in [-0.1, -0.05) is 36.4 Å². The molecule has 4 aliphatic rings. The number of likely N-dealkylation sites (tertiary alicyclic amines) is 1. The number of rotatable bonds is 3. The lowest BCUT2D eigenvalue weighted by atomic mass is 9.98. The Balaban J connectivity index is 1.08. The molecule has 0 bridgehead atoms. The number of amides is 3. The van der Waals surface area contributed by atoms with Gasteiger partial charge >= 0.3 is 6.09 Å². The summed E-state index contributed by atoms with van der Waals surface area (Å²) in [5, 5.41) is 2.93. The van der Waals surface area contributed by atoms with Crippen LogP contribution in [0.4, 0.5) is 10.6 Å². The van der Waals surface area contributed by atoms with Gasteiger partial charge in [0.2, 0.25) is 11.8 Å². The number of carbonyl (C=O) groups excluding carboxylic acids is 3. The molecule has 214 valence electrons. The molecule has 1 aliphatic carbocycles. The van der Waals surface area contributed by atoms with Gasteiger partial charge in [-0.05, 0) is 67.9 Å². The van der Waals surface area contributed by atoms with E-state index in [2.05, 4.69) is 45.5 Å². The zero-order valence-corrected chi connectivity index (χ0v) is 23.9. The number of piperazine rings is 1. The molecule has 1 aromatic heterocycles. The number of pyridine rings is 1. The van der Waals surface area contributed by atoms with Gasteiger partial charge in [-0.2, -0.15) is 0 Å². The summed E-state index contributed by atoms with van der Waals surface area (Å²) in [6, 6.07) is 12.0. The van der Waals surface area contributed by atoms with E-state index in [4.69, 9.17) is 4.74 Å². The summed E-state index contributed by atoms with van der Waals surface area (Å²) in [7, 11) is 0. The molecule has 1 N–H and O–H groups in total. The van der Waals surface area contributed by atoms with Crippen molar-refractivity contribution in [2.24, 2.45) is 11.8 Å². The number of aromatic nitrogens is 1. The highest BCUT2D eigenvalue weighted by atomic mass is 16.6. The van der Waals surface area contributed by atoms with E-state index in [-0.39, 0.29) is 18.4 Å². The van der Waals surface area contributed by atoms with Crippen molar-refractivity contribution in [3.63, 3.8) is 0 Å². The van der Waals surface area contributed by atoms with E-state index >= 15 is 0 Å². The molecule has 4 heterocycles. The third kappa shape index (κ3) is 5.91. The largest absolute Gasteiger partial charge is 0.444 e. The van der Waals surface area contributed by atoms with Crippen LogP contribution in [0.15, 0.2) is 54.7 Å². The van der Waals surface area contributed by atoms with Crippen LogP contribution in [0.3, 0.4) is 0 Å². The second kappa shape index (κ2) is 10.8. The maximum atomic E-state index is 13.1. The van der Waals surface area contributed by atoms with E-state index in [0.717, 1.165) is 30.6 Å². The van der Waals surface area contributed by atoms with Crippen molar-refractivity contribution in [3.05, 3.63) is 71.4 Å². The number of allylic oxidation sites excluding steroid dienone is 1. The summed E-state index contributed by atoms with van der Waals surface area (Å²) in [6.07, 6.45) is 8.06. The Kier molecular flexibility index (Phi) is 7.15. The number of carbonyl (C=O) groups is 3. The topological polar surface area (TPSA) is 95.1 Å². The first-order valence-electron chi connectivity index (χ1n) is 14.4. The molecule has 9 heteroatoms. The Hall–Kier alpha value is -3.98. The van der Waals surface area contributed by atoms with Gasteiger partial charge in [0.15, 0.2) is 0 Å². The maximum Gasteiger partial charge on any atom is 0.410 e. The molecule has 2 saturated heterocycles. The molecule has 1 aromatic carbocycles. The Bertz CT molecular complexity index is 1410. The van der Waals surface area contributed by atoms with Crippen LogP contribution in [0.1, 0.15) is 43.9 Å². The lowest BCUT2D eigenvalue weighted by molar-refractivity contribution is -0.125. The number of nitrogens with one attached hydrogen (secondary N) is 1. The van der Waals surface area contributed by atoms with Crippen LogP contribution in [0.2, 0.25) is 0 Å². The molecule has 3 unspecified atom stereocenters. The van der Waals surface area contributed by atoms with E-state index in [1.165, 1.54) is 11.1 Å². The number of nitrogens with zero attached hydrogens (tertiary/aromatic N) is 4. The van der Waals surface area contributed by atoms with E-state index in [9.17, 15) is 14.4 Å². The maximum absolute atomic E-state index is 13.1. The quantitative estimate of drug-likeness (QED) is 0.575. The molecule has 3 aliphatic heterocycles. The summed E-state index contributed by atoms with van der Waals surface area (Å²) >= 11 is 0. The first-order chi connectivity index (χ1) is 19.6. The van der Waals surface area contributed by atoms with Crippen molar-refractivity contribution in [1.29, 1.82) is 0 Å². The Morgan fingerprint density at radius 1 is 1.07 bits per heavy atom. The summed E-state index contributed by atoms with van der Waals surface area (Å²) < 4.78 is 5.51. The van der Waals surface area contributed by atoms with Crippen LogP contribution < -0.4 is 5.32 Å². The molecule has 3 atom stereocenters. The highest BCUT2D eigenvalue weighted by Gasteiger charge is 2.39.